The predicted octanol–water partition coefficient (Wildman–Crippen LogP) is 0.298. The maximum absolute atomic E-state index is 13.8. The van der Waals surface area contributed by atoms with Crippen molar-refractivity contribution in [3.8, 4) is 0 Å². The number of nitrogens with zero attached hydrogens (tertiary/aromatic N) is 1. The first kappa shape index (κ1) is 32.0. The third kappa shape index (κ3) is 9.04. The van der Waals surface area contributed by atoms with Crippen molar-refractivity contribution < 1.29 is 24.3 Å². The second-order valence-corrected chi connectivity index (χ2v) is 10.9. The van der Waals surface area contributed by atoms with Gasteiger partial charge in [-0.3, -0.25) is 19.4 Å². The fourth-order valence-corrected chi connectivity index (χ4v) is 5.28. The van der Waals surface area contributed by atoms with Crippen molar-refractivity contribution in [3.05, 3.63) is 71.9 Å². The first-order valence-electron chi connectivity index (χ1n) is 14.7. The zero-order valence-electron chi connectivity index (χ0n) is 24.4. The molecular formula is C31H40N8O5. The Morgan fingerprint density at radius 3 is 2.32 bits per heavy atom. The minimum Gasteiger partial charge on any atom is -0.480 e. The maximum Gasteiger partial charge on any atom is 0.326 e. The number of hydrogen-bond acceptors (Lipinski definition) is 6. The van der Waals surface area contributed by atoms with Crippen LogP contribution in [0, 0.1) is 0 Å². The van der Waals surface area contributed by atoms with Crippen molar-refractivity contribution in [2.75, 3.05) is 13.1 Å². The fraction of sp³-hybridized carbons (Fsp3) is 0.387. The van der Waals surface area contributed by atoms with Crippen LogP contribution >= 0.6 is 0 Å². The summed E-state index contributed by atoms with van der Waals surface area (Å²) in [5.74, 6) is -2.85. The van der Waals surface area contributed by atoms with Crippen LogP contribution in [-0.4, -0.2) is 77.0 Å². The van der Waals surface area contributed by atoms with Gasteiger partial charge in [0.1, 0.15) is 18.1 Å². The number of carboxylic acids is 1. The van der Waals surface area contributed by atoms with Crippen molar-refractivity contribution in [3.63, 3.8) is 0 Å². The summed E-state index contributed by atoms with van der Waals surface area (Å²) >= 11 is 0. The van der Waals surface area contributed by atoms with E-state index < -0.39 is 42.0 Å². The molecule has 0 aliphatic carbocycles. The standard InChI is InChI=1S/C31H40N8O5/c32-31(33)35-15-7-13-24(28(41)39-26(30(43)44)16-19-8-2-1-3-9-19)37-29(42)25(38-27(40)23-12-6-14-34-23)17-20-18-36-22-11-5-4-10-21(20)22/h1-5,8-11,18,23-26,34,36H,6-7,12-17H2,(H,37,42)(H,38,40)(H,39,41)(H,43,44)(H4,32,33,35). The van der Waals surface area contributed by atoms with E-state index in [0.29, 0.717) is 19.4 Å². The zero-order chi connectivity index (χ0) is 31.5. The van der Waals surface area contributed by atoms with Crippen LogP contribution < -0.4 is 32.7 Å². The summed E-state index contributed by atoms with van der Waals surface area (Å²) < 4.78 is 0. The molecule has 1 fully saturated rings. The summed E-state index contributed by atoms with van der Waals surface area (Å²) in [6, 6.07) is 12.8. The van der Waals surface area contributed by atoms with Crippen LogP contribution in [0.1, 0.15) is 36.8 Å². The molecular weight excluding hydrogens is 564 g/mol. The largest absolute Gasteiger partial charge is 0.480 e. The van der Waals surface area contributed by atoms with Gasteiger partial charge in [-0.25, -0.2) is 4.79 Å². The monoisotopic (exact) mass is 604 g/mol. The van der Waals surface area contributed by atoms with Gasteiger partial charge in [-0.2, -0.15) is 0 Å². The van der Waals surface area contributed by atoms with Gasteiger partial charge in [0, 0.05) is 36.5 Å². The average Bonchev–Trinajstić information content (AvgIpc) is 3.69. The van der Waals surface area contributed by atoms with Crippen LogP contribution in [0.2, 0.25) is 0 Å². The number of amides is 3. The van der Waals surface area contributed by atoms with Crippen molar-refractivity contribution in [1.29, 1.82) is 0 Å². The lowest BCUT2D eigenvalue weighted by atomic mass is 10.0. The van der Waals surface area contributed by atoms with Crippen molar-refractivity contribution in [2.24, 2.45) is 16.5 Å². The highest BCUT2D eigenvalue weighted by atomic mass is 16.4. The van der Waals surface area contributed by atoms with Crippen LogP contribution in [-0.2, 0) is 32.0 Å². The van der Waals surface area contributed by atoms with E-state index in [0.717, 1.165) is 28.5 Å². The van der Waals surface area contributed by atoms with Gasteiger partial charge in [-0.05, 0) is 49.4 Å². The quantitative estimate of drug-likeness (QED) is 0.0684. The molecule has 0 saturated carbocycles. The first-order chi connectivity index (χ1) is 21.2. The molecule has 4 rings (SSSR count). The Morgan fingerprint density at radius 2 is 1.61 bits per heavy atom. The Bertz CT molecular complexity index is 1460. The molecule has 10 N–H and O–H groups in total. The van der Waals surface area contributed by atoms with Gasteiger partial charge < -0.3 is 42.8 Å². The van der Waals surface area contributed by atoms with E-state index in [1.165, 1.54) is 0 Å². The second-order valence-electron chi connectivity index (χ2n) is 10.9. The van der Waals surface area contributed by atoms with E-state index in [1.807, 2.05) is 30.3 Å². The van der Waals surface area contributed by atoms with Crippen molar-refractivity contribution in [1.82, 2.24) is 26.3 Å². The van der Waals surface area contributed by atoms with E-state index >= 15 is 0 Å². The maximum atomic E-state index is 13.8. The molecule has 13 nitrogen and oxygen atoms in total. The molecule has 3 aromatic rings. The van der Waals surface area contributed by atoms with Gasteiger partial charge in [0.05, 0.1) is 6.04 Å². The molecule has 0 bridgehead atoms. The molecule has 3 amide bonds. The van der Waals surface area contributed by atoms with Gasteiger partial charge in [0.2, 0.25) is 17.7 Å². The lowest BCUT2D eigenvalue weighted by Crippen LogP contribution is -2.57. The lowest BCUT2D eigenvalue weighted by molar-refractivity contribution is -0.142. The van der Waals surface area contributed by atoms with E-state index in [1.54, 1.807) is 30.5 Å². The number of guanidine groups is 1. The SMILES string of the molecule is NC(N)=NCCCC(NC(=O)C(Cc1c[nH]c2ccccc12)NC(=O)C1CCCN1)C(=O)NC(Cc1ccccc1)C(=O)O. The number of aliphatic imine (C=N–C) groups is 1. The summed E-state index contributed by atoms with van der Waals surface area (Å²) in [6.45, 7) is 0.917. The number of carbonyl (C=O) groups excluding carboxylic acids is 3. The van der Waals surface area contributed by atoms with Crippen LogP contribution in [0.4, 0.5) is 0 Å². The number of carboxylic acid groups (broad SMARTS) is 1. The first-order valence-corrected chi connectivity index (χ1v) is 14.7. The highest BCUT2D eigenvalue weighted by molar-refractivity contribution is 5.95. The van der Waals surface area contributed by atoms with Gasteiger partial charge >= 0.3 is 5.97 Å². The summed E-state index contributed by atoms with van der Waals surface area (Å²) in [7, 11) is 0. The Kier molecular flexibility index (Phi) is 11.3. The van der Waals surface area contributed by atoms with Gasteiger partial charge in [-0.15, -0.1) is 0 Å². The minimum atomic E-state index is -1.22. The number of nitrogens with two attached hydrogens (primary N) is 2. The molecule has 13 heteroatoms. The molecule has 1 saturated heterocycles. The Morgan fingerprint density at radius 1 is 0.909 bits per heavy atom. The minimum absolute atomic E-state index is 0.0597. The van der Waals surface area contributed by atoms with E-state index in [2.05, 4.69) is 31.2 Å². The normalized spacial score (nSPS) is 16.4. The number of aromatic nitrogens is 1. The summed E-state index contributed by atoms with van der Waals surface area (Å²) in [4.78, 5) is 59.6. The number of aliphatic carboxylic acids is 1. The number of H-pyrrole nitrogens is 1. The molecule has 1 aliphatic rings. The molecule has 44 heavy (non-hydrogen) atoms. The molecule has 2 aromatic carbocycles. The van der Waals surface area contributed by atoms with Crippen molar-refractivity contribution >= 4 is 40.6 Å². The zero-order valence-corrected chi connectivity index (χ0v) is 24.4. The summed E-state index contributed by atoms with van der Waals surface area (Å²) in [6.07, 6.45) is 3.99. The van der Waals surface area contributed by atoms with Crippen LogP contribution in [0.25, 0.3) is 10.9 Å². The van der Waals surface area contributed by atoms with E-state index in [4.69, 9.17) is 11.5 Å². The molecule has 4 unspecified atom stereocenters. The number of rotatable bonds is 15. The average molecular weight is 605 g/mol. The predicted molar refractivity (Wildman–Crippen MR) is 167 cm³/mol. The van der Waals surface area contributed by atoms with Crippen LogP contribution in [0.15, 0.2) is 65.8 Å². The van der Waals surface area contributed by atoms with Crippen molar-refractivity contribution in [2.45, 2.75) is 62.7 Å². The second kappa shape index (κ2) is 15.5. The third-order valence-electron chi connectivity index (χ3n) is 7.58. The van der Waals surface area contributed by atoms with E-state index in [-0.39, 0.29) is 37.7 Å². The highest BCUT2D eigenvalue weighted by Gasteiger charge is 2.32. The Hall–Kier alpha value is -4.91. The molecule has 0 spiro atoms. The summed E-state index contributed by atoms with van der Waals surface area (Å²) in [5.41, 5.74) is 13.3. The smallest absolute Gasteiger partial charge is 0.326 e. The van der Waals surface area contributed by atoms with E-state index in [9.17, 15) is 24.3 Å². The number of aromatic amines is 1. The lowest BCUT2D eigenvalue weighted by Gasteiger charge is -2.25. The van der Waals surface area contributed by atoms with Crippen LogP contribution in [0.3, 0.4) is 0 Å². The molecule has 4 atom stereocenters. The fourth-order valence-electron chi connectivity index (χ4n) is 5.28. The van der Waals surface area contributed by atoms with Crippen LogP contribution in [0.5, 0.6) is 0 Å². The molecule has 1 aromatic heterocycles. The molecule has 234 valence electrons. The number of carbonyl (C=O) groups is 4. The Balaban J connectivity index is 1.53. The topological polar surface area (TPSA) is 217 Å². The number of para-hydroxylation sites is 1. The number of hydrogen-bond donors (Lipinski definition) is 8. The Labute approximate surface area is 255 Å². The summed E-state index contributed by atoms with van der Waals surface area (Å²) in [5, 5.41) is 22.1. The van der Waals surface area contributed by atoms with Gasteiger partial charge in [0.15, 0.2) is 5.96 Å². The highest BCUT2D eigenvalue weighted by Crippen LogP contribution is 2.20. The van der Waals surface area contributed by atoms with Gasteiger partial charge in [-0.1, -0.05) is 48.5 Å². The number of fused-ring (bicyclic) bond motifs is 1. The third-order valence-corrected chi connectivity index (χ3v) is 7.58. The number of nitrogens with one attached hydrogen (secondary N) is 5. The van der Waals surface area contributed by atoms with Gasteiger partial charge in [0.25, 0.3) is 0 Å². The molecule has 0 radical (unpaired) electrons. The molecule has 1 aliphatic heterocycles. The number of benzene rings is 2. The molecule has 2 heterocycles.